The molecule has 5 amide bonds. The number of phenolic OH excluding ortho intramolecular Hbond substituents is 1. The average molecular weight is 838 g/mol. The maximum atomic E-state index is 14.4. The molecule has 1 fully saturated rings. The minimum Gasteiger partial charge on any atom is -0.508 e. The monoisotopic (exact) mass is 837 g/mol. The Kier molecular flexibility index (Phi) is 16.4. The molecular formula is C46H59N7O8. The van der Waals surface area contributed by atoms with E-state index in [9.17, 15) is 39.0 Å². The van der Waals surface area contributed by atoms with Gasteiger partial charge in [0, 0.05) is 36.4 Å². The molecule has 0 spiro atoms. The number of rotatable bonds is 21. The molecule has 9 N–H and O–H groups in total. The summed E-state index contributed by atoms with van der Waals surface area (Å²) in [5.74, 6) is -4.69. The number of aromatic hydroxyl groups is 1. The smallest absolute Gasteiger partial charge is 0.326 e. The molecule has 7 atom stereocenters. The normalized spacial score (nSPS) is 16.7. The van der Waals surface area contributed by atoms with E-state index in [4.69, 9.17) is 0 Å². The summed E-state index contributed by atoms with van der Waals surface area (Å²) in [6.45, 7) is 7.99. The molecule has 0 unspecified atom stereocenters. The molecule has 1 aliphatic heterocycles. The number of hydrogen-bond donors (Lipinski definition) is 9. The van der Waals surface area contributed by atoms with Crippen LogP contribution in [0, 0.1) is 11.8 Å². The van der Waals surface area contributed by atoms with Crippen LogP contribution in [0.2, 0.25) is 0 Å². The second-order valence-electron chi connectivity index (χ2n) is 16.4. The highest BCUT2D eigenvalue weighted by atomic mass is 16.4. The molecule has 0 radical (unpaired) electrons. The largest absolute Gasteiger partial charge is 0.508 e. The second kappa shape index (κ2) is 21.9. The third-order valence-electron chi connectivity index (χ3n) is 11.2. The van der Waals surface area contributed by atoms with Crippen LogP contribution in [0.4, 0.5) is 0 Å². The highest BCUT2D eigenvalue weighted by molar-refractivity contribution is 5.97. The van der Waals surface area contributed by atoms with E-state index in [2.05, 4.69) is 36.9 Å². The number of carboxylic acids is 1. The minimum absolute atomic E-state index is 0.000352. The van der Waals surface area contributed by atoms with E-state index < -0.39 is 71.8 Å². The van der Waals surface area contributed by atoms with Crippen molar-refractivity contribution in [2.24, 2.45) is 11.8 Å². The molecule has 1 aliphatic rings. The number of benzene rings is 3. The number of amides is 5. The van der Waals surface area contributed by atoms with Gasteiger partial charge in [0.15, 0.2) is 0 Å². The van der Waals surface area contributed by atoms with Crippen molar-refractivity contribution in [1.82, 2.24) is 36.9 Å². The SMILES string of the molecule is CC[C@H](C)[C@H](NC(=O)[C@H](Cc1ccccc1)NC(=O)[C@H](Cc1ccc(O)cc1)NC(=O)[C@H](CC(C)C)NC(=O)[C@H](Cc1c[nH]c2ccccc12)NC(=O)[C@@H]1CCCN1)C(=O)O. The summed E-state index contributed by atoms with van der Waals surface area (Å²) in [5.41, 5.74) is 2.96. The van der Waals surface area contributed by atoms with E-state index >= 15 is 0 Å². The lowest BCUT2D eigenvalue weighted by atomic mass is 9.97. The van der Waals surface area contributed by atoms with Gasteiger partial charge in [0.2, 0.25) is 29.5 Å². The average Bonchev–Trinajstić information content (AvgIpc) is 3.93. The summed E-state index contributed by atoms with van der Waals surface area (Å²) in [4.78, 5) is 85.6. The first-order valence-corrected chi connectivity index (χ1v) is 21.1. The quantitative estimate of drug-likeness (QED) is 0.0599. The van der Waals surface area contributed by atoms with Gasteiger partial charge in [-0.25, -0.2) is 4.79 Å². The number of hydrogen-bond acceptors (Lipinski definition) is 8. The third kappa shape index (κ3) is 13.1. The van der Waals surface area contributed by atoms with Gasteiger partial charge in [-0.05, 0) is 72.5 Å². The molecule has 15 nitrogen and oxygen atoms in total. The summed E-state index contributed by atoms with van der Waals surface area (Å²) in [6.07, 6.45) is 4.03. The molecular weight excluding hydrogens is 779 g/mol. The van der Waals surface area contributed by atoms with Crippen molar-refractivity contribution in [3.8, 4) is 5.75 Å². The summed E-state index contributed by atoms with van der Waals surface area (Å²) >= 11 is 0. The van der Waals surface area contributed by atoms with Crippen molar-refractivity contribution in [3.63, 3.8) is 0 Å². The number of aliphatic carboxylic acids is 1. The molecule has 3 aromatic carbocycles. The highest BCUT2D eigenvalue weighted by Gasteiger charge is 2.35. The number of carbonyl (C=O) groups is 6. The number of aromatic amines is 1. The maximum Gasteiger partial charge on any atom is 0.326 e. The first-order chi connectivity index (χ1) is 29.2. The van der Waals surface area contributed by atoms with Crippen LogP contribution in [-0.2, 0) is 48.0 Å². The molecule has 4 aromatic rings. The third-order valence-corrected chi connectivity index (χ3v) is 11.2. The fraction of sp³-hybridized carbons (Fsp3) is 0.435. The van der Waals surface area contributed by atoms with Crippen LogP contribution in [0.15, 0.2) is 85.1 Å². The van der Waals surface area contributed by atoms with Crippen LogP contribution in [0.5, 0.6) is 5.75 Å². The molecule has 1 aromatic heterocycles. The van der Waals surface area contributed by atoms with Crippen molar-refractivity contribution in [1.29, 1.82) is 0 Å². The van der Waals surface area contributed by atoms with Gasteiger partial charge in [-0.3, -0.25) is 24.0 Å². The number of carboxylic acid groups (broad SMARTS) is 1. The number of carbonyl (C=O) groups excluding carboxylic acids is 5. The van der Waals surface area contributed by atoms with Crippen LogP contribution in [0.1, 0.15) is 70.1 Å². The Morgan fingerprint density at radius 2 is 1.25 bits per heavy atom. The zero-order chi connectivity index (χ0) is 44.1. The fourth-order valence-corrected chi connectivity index (χ4v) is 7.50. The molecule has 326 valence electrons. The topological polar surface area (TPSA) is 231 Å². The molecule has 0 saturated carbocycles. The molecule has 2 heterocycles. The minimum atomic E-state index is -1.28. The van der Waals surface area contributed by atoms with Gasteiger partial charge in [0.25, 0.3) is 0 Å². The molecule has 15 heteroatoms. The number of fused-ring (bicyclic) bond motifs is 1. The number of H-pyrrole nitrogens is 1. The van der Waals surface area contributed by atoms with E-state index in [1.807, 2.05) is 45.0 Å². The van der Waals surface area contributed by atoms with E-state index in [1.54, 1.807) is 55.6 Å². The Bertz CT molecular complexity index is 2120. The number of nitrogens with one attached hydrogen (secondary N) is 7. The predicted octanol–water partition coefficient (Wildman–Crippen LogP) is 3.25. The van der Waals surface area contributed by atoms with Crippen molar-refractivity contribution < 1.29 is 39.0 Å². The standard InChI is InChI=1S/C46H59N7O8/c1-5-28(4)40(46(60)61)53-45(59)38(23-29-12-7-6-8-13-29)51-43(57)37(24-30-17-19-32(54)20-18-30)50-42(56)36(22-27(2)3)49-44(58)39(52-41(55)35-16-11-21-47-35)25-31-26-48-34-15-10-9-14-33(31)34/h6-10,12-15,17-20,26-28,35-40,47-48,54H,5,11,16,21-25H2,1-4H3,(H,49,58)(H,50,56)(H,51,57)(H,52,55)(H,53,59)(H,60,61)/t28-,35-,36-,37-,38-,39-,40-/m0/s1. The van der Waals surface area contributed by atoms with Crippen LogP contribution in [0.25, 0.3) is 10.9 Å². The zero-order valence-corrected chi connectivity index (χ0v) is 35.2. The van der Waals surface area contributed by atoms with E-state index in [-0.39, 0.29) is 43.3 Å². The Labute approximate surface area is 356 Å². The summed E-state index contributed by atoms with van der Waals surface area (Å²) < 4.78 is 0. The number of aromatic nitrogens is 1. The molecule has 5 rings (SSSR count). The second-order valence-corrected chi connectivity index (χ2v) is 16.4. The van der Waals surface area contributed by atoms with Crippen LogP contribution >= 0.6 is 0 Å². The van der Waals surface area contributed by atoms with Crippen molar-refractivity contribution >= 4 is 46.4 Å². The van der Waals surface area contributed by atoms with E-state index in [0.717, 1.165) is 22.9 Å². The Morgan fingerprint density at radius 1 is 0.689 bits per heavy atom. The fourth-order valence-electron chi connectivity index (χ4n) is 7.50. The van der Waals surface area contributed by atoms with Crippen molar-refractivity contribution in [2.45, 2.75) is 109 Å². The van der Waals surface area contributed by atoms with Crippen molar-refractivity contribution in [2.75, 3.05) is 6.54 Å². The summed E-state index contributed by atoms with van der Waals surface area (Å²) in [7, 11) is 0. The van der Waals surface area contributed by atoms with Crippen LogP contribution in [0.3, 0.4) is 0 Å². The number of phenols is 1. The number of para-hydroxylation sites is 1. The van der Waals surface area contributed by atoms with Gasteiger partial charge in [-0.2, -0.15) is 0 Å². The lowest BCUT2D eigenvalue weighted by Gasteiger charge is -2.28. The highest BCUT2D eigenvalue weighted by Crippen LogP contribution is 2.20. The predicted molar refractivity (Wildman–Crippen MR) is 231 cm³/mol. The lowest BCUT2D eigenvalue weighted by Crippen LogP contribution is -2.60. The molecule has 61 heavy (non-hydrogen) atoms. The maximum absolute atomic E-state index is 14.4. The molecule has 0 bridgehead atoms. The van der Waals surface area contributed by atoms with Crippen molar-refractivity contribution in [3.05, 3.63) is 102 Å². The Hall–Kier alpha value is -6.22. The Balaban J connectivity index is 1.41. The Morgan fingerprint density at radius 3 is 1.84 bits per heavy atom. The summed E-state index contributed by atoms with van der Waals surface area (Å²) in [6, 6.07) is 16.3. The summed E-state index contributed by atoms with van der Waals surface area (Å²) in [5, 5.41) is 38.0. The van der Waals surface area contributed by atoms with Gasteiger partial charge in [-0.1, -0.05) is 94.8 Å². The lowest BCUT2D eigenvalue weighted by molar-refractivity contribution is -0.143. The van der Waals surface area contributed by atoms with Gasteiger partial charge in [-0.15, -0.1) is 0 Å². The first kappa shape index (κ1) is 45.9. The van der Waals surface area contributed by atoms with Gasteiger partial charge in [0.05, 0.1) is 6.04 Å². The van der Waals surface area contributed by atoms with E-state index in [0.29, 0.717) is 30.5 Å². The van der Waals surface area contributed by atoms with Gasteiger partial charge in [0.1, 0.15) is 36.0 Å². The first-order valence-electron chi connectivity index (χ1n) is 21.1. The zero-order valence-electron chi connectivity index (χ0n) is 35.2. The van der Waals surface area contributed by atoms with Gasteiger partial charge < -0.3 is 47.1 Å². The molecule has 1 saturated heterocycles. The van der Waals surface area contributed by atoms with Crippen LogP contribution in [-0.4, -0.2) is 93.5 Å². The van der Waals surface area contributed by atoms with E-state index in [1.165, 1.54) is 12.1 Å². The molecule has 0 aliphatic carbocycles. The van der Waals surface area contributed by atoms with Crippen LogP contribution < -0.4 is 31.9 Å². The van der Waals surface area contributed by atoms with Gasteiger partial charge >= 0.3 is 5.97 Å².